The Balaban J connectivity index is 1.73. The molecule has 0 bridgehead atoms. The number of carbonyl (C=O) groups is 2. The van der Waals surface area contributed by atoms with Gasteiger partial charge < -0.3 is 15.1 Å². The largest absolute Gasteiger partial charge is 0.451 e. The van der Waals surface area contributed by atoms with E-state index in [9.17, 15) is 9.59 Å². The minimum atomic E-state index is -0.333. The van der Waals surface area contributed by atoms with Gasteiger partial charge in [0.1, 0.15) is 17.0 Å². The summed E-state index contributed by atoms with van der Waals surface area (Å²) in [5, 5.41) is 8.11. The maximum absolute atomic E-state index is 12.4. The Labute approximate surface area is 160 Å². The van der Waals surface area contributed by atoms with E-state index in [0.717, 1.165) is 0 Å². The van der Waals surface area contributed by atoms with Gasteiger partial charge in [0, 0.05) is 11.1 Å². The minimum absolute atomic E-state index is 0.211. The van der Waals surface area contributed by atoms with Gasteiger partial charge in [-0.1, -0.05) is 32.0 Å². The molecule has 0 fully saturated rings. The summed E-state index contributed by atoms with van der Waals surface area (Å²) in [6, 6.07) is 8.89. The quantitative estimate of drug-likeness (QED) is 0.644. The Morgan fingerprint density at radius 3 is 2.59 bits per heavy atom. The van der Waals surface area contributed by atoms with Crippen LogP contribution in [0.4, 0.5) is 5.69 Å². The topological polar surface area (TPSA) is 97.1 Å². The van der Waals surface area contributed by atoms with Gasteiger partial charge >= 0.3 is 0 Å². The molecule has 1 atom stereocenters. The number of thiazole rings is 1. The number of anilines is 1. The molecule has 3 aromatic rings. The van der Waals surface area contributed by atoms with Gasteiger partial charge in [-0.15, -0.1) is 11.3 Å². The van der Waals surface area contributed by atoms with Crippen molar-refractivity contribution in [1.82, 2.24) is 15.3 Å². The van der Waals surface area contributed by atoms with Gasteiger partial charge in [0.05, 0.1) is 6.04 Å². The second kappa shape index (κ2) is 8.59. The molecule has 7 nitrogen and oxygen atoms in total. The van der Waals surface area contributed by atoms with Gasteiger partial charge in [-0.25, -0.2) is 9.97 Å². The van der Waals surface area contributed by atoms with Crippen LogP contribution in [0, 0.1) is 5.92 Å². The Hall–Kier alpha value is -3.00. The Morgan fingerprint density at radius 2 is 1.93 bits per heavy atom. The molecule has 3 rings (SSSR count). The molecule has 0 unspecified atom stereocenters. The first-order valence-corrected chi connectivity index (χ1v) is 9.41. The van der Waals surface area contributed by atoms with E-state index in [2.05, 4.69) is 34.4 Å². The molecule has 0 aliphatic carbocycles. The van der Waals surface area contributed by atoms with E-state index >= 15 is 0 Å². The van der Waals surface area contributed by atoms with Crippen molar-refractivity contribution in [2.75, 3.05) is 5.32 Å². The van der Waals surface area contributed by atoms with Gasteiger partial charge in [-0.3, -0.25) is 9.59 Å². The van der Waals surface area contributed by atoms with E-state index in [1.54, 1.807) is 5.38 Å². The molecule has 0 saturated carbocycles. The van der Waals surface area contributed by atoms with Crippen LogP contribution in [0.25, 0.3) is 0 Å². The molecule has 0 aliphatic rings. The molecule has 0 spiro atoms. The van der Waals surface area contributed by atoms with E-state index in [0.29, 0.717) is 28.7 Å². The third kappa shape index (κ3) is 5.01. The average Bonchev–Trinajstić information content (AvgIpc) is 3.34. The summed E-state index contributed by atoms with van der Waals surface area (Å²) in [4.78, 5) is 33.0. The molecular formula is C19H20N4O3S. The first-order chi connectivity index (χ1) is 13.0. The van der Waals surface area contributed by atoms with Crippen LogP contribution in [-0.2, 0) is 0 Å². The van der Waals surface area contributed by atoms with Crippen LogP contribution in [0.2, 0.25) is 0 Å². The molecule has 2 amide bonds. The molecule has 2 heterocycles. The van der Waals surface area contributed by atoms with E-state index in [1.165, 1.54) is 24.0 Å². The maximum Gasteiger partial charge on any atom is 0.275 e. The monoisotopic (exact) mass is 384 g/mol. The Bertz CT molecular complexity index is 891. The normalized spacial score (nSPS) is 12.0. The second-order valence-corrected chi connectivity index (χ2v) is 7.31. The molecule has 0 radical (unpaired) electrons. The number of hydrogen-bond acceptors (Lipinski definition) is 6. The molecule has 0 aliphatic heterocycles. The second-order valence-electron chi connectivity index (χ2n) is 6.42. The first-order valence-electron chi connectivity index (χ1n) is 8.54. The van der Waals surface area contributed by atoms with Crippen molar-refractivity contribution in [2.24, 2.45) is 5.92 Å². The fourth-order valence-electron chi connectivity index (χ4n) is 2.52. The van der Waals surface area contributed by atoms with Crippen molar-refractivity contribution in [3.8, 4) is 0 Å². The zero-order valence-electron chi connectivity index (χ0n) is 15.0. The van der Waals surface area contributed by atoms with Crippen LogP contribution < -0.4 is 10.6 Å². The lowest BCUT2D eigenvalue weighted by Crippen LogP contribution is -2.29. The van der Waals surface area contributed by atoms with E-state index < -0.39 is 0 Å². The highest BCUT2D eigenvalue weighted by molar-refractivity contribution is 7.10. The highest BCUT2D eigenvalue weighted by Crippen LogP contribution is 2.25. The summed E-state index contributed by atoms with van der Waals surface area (Å²) >= 11 is 1.35. The predicted octanol–water partition coefficient (Wildman–Crippen LogP) is 3.90. The van der Waals surface area contributed by atoms with Crippen molar-refractivity contribution >= 4 is 28.8 Å². The SMILES string of the molecule is CC(C)C[C@@H](NC(=O)c1cocn1)c1nc(C(=O)Nc2ccccc2)cs1. The third-order valence-electron chi connectivity index (χ3n) is 3.76. The van der Waals surface area contributed by atoms with Crippen LogP contribution in [0.3, 0.4) is 0 Å². The Morgan fingerprint density at radius 1 is 1.15 bits per heavy atom. The van der Waals surface area contributed by atoms with E-state index in [4.69, 9.17) is 4.42 Å². The van der Waals surface area contributed by atoms with Crippen molar-refractivity contribution in [1.29, 1.82) is 0 Å². The number of aromatic nitrogens is 2. The van der Waals surface area contributed by atoms with Crippen LogP contribution in [0.15, 0.2) is 52.8 Å². The molecule has 2 aromatic heterocycles. The molecule has 140 valence electrons. The summed E-state index contributed by atoms with van der Waals surface area (Å²) in [5.74, 6) is -0.284. The number of rotatable bonds is 7. The molecule has 27 heavy (non-hydrogen) atoms. The summed E-state index contributed by atoms with van der Waals surface area (Å²) in [6.07, 6.45) is 3.20. The molecule has 1 aromatic carbocycles. The lowest BCUT2D eigenvalue weighted by molar-refractivity contribution is 0.0926. The Kier molecular flexibility index (Phi) is 5.97. The van der Waals surface area contributed by atoms with Gasteiger partial charge in [0.2, 0.25) is 0 Å². The summed E-state index contributed by atoms with van der Waals surface area (Å²) in [6.45, 7) is 4.12. The zero-order valence-corrected chi connectivity index (χ0v) is 15.8. The fraction of sp³-hybridized carbons (Fsp3) is 0.263. The number of nitrogens with one attached hydrogen (secondary N) is 2. The van der Waals surface area contributed by atoms with Gasteiger partial charge in [-0.2, -0.15) is 0 Å². The predicted molar refractivity (Wildman–Crippen MR) is 103 cm³/mol. The lowest BCUT2D eigenvalue weighted by Gasteiger charge is -2.17. The van der Waals surface area contributed by atoms with Crippen molar-refractivity contribution in [2.45, 2.75) is 26.3 Å². The third-order valence-corrected chi connectivity index (χ3v) is 4.72. The van der Waals surface area contributed by atoms with Crippen LogP contribution in [-0.4, -0.2) is 21.8 Å². The number of hydrogen-bond donors (Lipinski definition) is 2. The van der Waals surface area contributed by atoms with Gasteiger partial charge in [-0.05, 0) is 24.5 Å². The van der Waals surface area contributed by atoms with E-state index in [-0.39, 0.29) is 23.6 Å². The number of amides is 2. The van der Waals surface area contributed by atoms with Crippen LogP contribution >= 0.6 is 11.3 Å². The number of nitrogens with zero attached hydrogens (tertiary/aromatic N) is 2. The standard InChI is InChI=1S/C19H20N4O3S/c1-12(2)8-14(22-17(24)15-9-26-11-20-15)19-23-16(10-27-19)18(25)21-13-6-4-3-5-7-13/h3-7,9-12,14H,8H2,1-2H3,(H,21,25)(H,22,24)/t14-/m1/s1. The first kappa shape index (κ1) is 18.8. The number of para-hydroxylation sites is 1. The zero-order chi connectivity index (χ0) is 19.2. The van der Waals surface area contributed by atoms with E-state index in [1.807, 2.05) is 30.3 Å². The average molecular weight is 384 g/mol. The maximum atomic E-state index is 12.4. The lowest BCUT2D eigenvalue weighted by atomic mass is 10.0. The number of oxazole rings is 1. The van der Waals surface area contributed by atoms with Gasteiger partial charge in [0.25, 0.3) is 11.8 Å². The summed E-state index contributed by atoms with van der Waals surface area (Å²) < 4.78 is 4.86. The molecule has 2 N–H and O–H groups in total. The fourth-order valence-corrected chi connectivity index (χ4v) is 3.38. The smallest absolute Gasteiger partial charge is 0.275 e. The highest BCUT2D eigenvalue weighted by Gasteiger charge is 2.22. The summed E-state index contributed by atoms with van der Waals surface area (Å²) in [5.41, 5.74) is 1.24. The highest BCUT2D eigenvalue weighted by atomic mass is 32.1. The van der Waals surface area contributed by atoms with Crippen molar-refractivity contribution < 1.29 is 14.0 Å². The van der Waals surface area contributed by atoms with Crippen molar-refractivity contribution in [3.63, 3.8) is 0 Å². The van der Waals surface area contributed by atoms with Crippen LogP contribution in [0.5, 0.6) is 0 Å². The minimum Gasteiger partial charge on any atom is -0.451 e. The number of benzene rings is 1. The molecule has 0 saturated heterocycles. The van der Waals surface area contributed by atoms with Crippen LogP contribution in [0.1, 0.15) is 52.3 Å². The number of carbonyl (C=O) groups excluding carboxylic acids is 2. The molecular weight excluding hydrogens is 364 g/mol. The summed E-state index contributed by atoms with van der Waals surface area (Å²) in [7, 11) is 0. The molecule has 8 heteroatoms. The van der Waals surface area contributed by atoms with Gasteiger partial charge in [0.15, 0.2) is 12.1 Å². The van der Waals surface area contributed by atoms with Crippen molar-refractivity contribution in [3.05, 3.63) is 64.8 Å².